The summed E-state index contributed by atoms with van der Waals surface area (Å²) in [6, 6.07) is 6.47. The molecule has 0 heterocycles. The van der Waals surface area contributed by atoms with E-state index < -0.39 is 0 Å². The van der Waals surface area contributed by atoms with Crippen LogP contribution in [0, 0.1) is 5.92 Å². The number of benzene rings is 1. The number of nitrogens with one attached hydrogen (secondary N) is 1. The molecule has 1 fully saturated rings. The predicted molar refractivity (Wildman–Crippen MR) is 88.9 cm³/mol. The van der Waals surface area contributed by atoms with E-state index in [4.69, 9.17) is 23.2 Å². The zero-order valence-corrected chi connectivity index (χ0v) is 14.0. The molecule has 1 unspecified atom stereocenters. The van der Waals surface area contributed by atoms with Gasteiger partial charge in [-0.15, -0.1) is 0 Å². The van der Waals surface area contributed by atoms with E-state index in [9.17, 15) is 0 Å². The predicted octanol–water partition coefficient (Wildman–Crippen LogP) is 5.66. The molecule has 2 rings (SSSR count). The summed E-state index contributed by atoms with van der Waals surface area (Å²) in [6.07, 6.45) is 6.74. The Balaban J connectivity index is 2.19. The fourth-order valence-electron chi connectivity index (χ4n) is 3.23. The van der Waals surface area contributed by atoms with Crippen LogP contribution in [0.25, 0.3) is 0 Å². The summed E-state index contributed by atoms with van der Waals surface area (Å²) in [5, 5.41) is 5.13. The molecule has 1 aromatic rings. The van der Waals surface area contributed by atoms with Gasteiger partial charge in [0.2, 0.25) is 0 Å². The van der Waals surface area contributed by atoms with Crippen molar-refractivity contribution in [2.45, 2.75) is 57.9 Å². The van der Waals surface area contributed by atoms with Crippen LogP contribution in [0.3, 0.4) is 0 Å². The van der Waals surface area contributed by atoms with Gasteiger partial charge in [0.25, 0.3) is 0 Å². The second-order valence-electron chi connectivity index (χ2n) is 6.23. The Hall–Kier alpha value is -0.240. The lowest BCUT2D eigenvalue weighted by Gasteiger charge is -2.32. The highest BCUT2D eigenvalue weighted by molar-refractivity contribution is 6.35. The molecule has 1 aromatic carbocycles. The van der Waals surface area contributed by atoms with E-state index in [-0.39, 0.29) is 0 Å². The molecule has 0 amide bonds. The quantitative estimate of drug-likeness (QED) is 0.740. The van der Waals surface area contributed by atoms with E-state index in [1.165, 1.54) is 37.7 Å². The van der Waals surface area contributed by atoms with Crippen molar-refractivity contribution < 1.29 is 0 Å². The summed E-state index contributed by atoms with van der Waals surface area (Å²) in [5.41, 5.74) is 1.26. The van der Waals surface area contributed by atoms with Crippen molar-refractivity contribution in [3.05, 3.63) is 33.8 Å². The molecule has 1 nitrogen and oxygen atoms in total. The van der Waals surface area contributed by atoms with E-state index in [1.54, 1.807) is 0 Å². The molecular weight excluding hydrogens is 289 g/mol. The third kappa shape index (κ3) is 4.38. The average Bonchev–Trinajstić information content (AvgIpc) is 2.42. The van der Waals surface area contributed by atoms with Gasteiger partial charge >= 0.3 is 0 Å². The van der Waals surface area contributed by atoms with Crippen LogP contribution in [-0.2, 0) is 0 Å². The minimum Gasteiger partial charge on any atom is -0.314 e. The summed E-state index contributed by atoms with van der Waals surface area (Å²) in [6.45, 7) is 5.40. The lowest BCUT2D eigenvalue weighted by Crippen LogP contribution is -2.32. The van der Waals surface area contributed by atoms with Crippen molar-refractivity contribution in [3.8, 4) is 0 Å². The summed E-state index contributed by atoms with van der Waals surface area (Å²) >= 11 is 12.5. The minimum absolute atomic E-state index is 0.502. The van der Waals surface area contributed by atoms with Gasteiger partial charge in [0.05, 0.1) is 0 Å². The van der Waals surface area contributed by atoms with E-state index in [0.717, 1.165) is 22.5 Å². The van der Waals surface area contributed by atoms with Gasteiger partial charge in [-0.2, -0.15) is 0 Å². The van der Waals surface area contributed by atoms with Crippen molar-refractivity contribution in [1.29, 1.82) is 0 Å². The summed E-state index contributed by atoms with van der Waals surface area (Å²) in [4.78, 5) is 0. The van der Waals surface area contributed by atoms with Crippen LogP contribution in [-0.4, -0.2) is 12.6 Å². The Labute approximate surface area is 133 Å². The largest absolute Gasteiger partial charge is 0.314 e. The van der Waals surface area contributed by atoms with Gasteiger partial charge in [0.1, 0.15) is 0 Å². The Kier molecular flexibility index (Phi) is 6.20. The monoisotopic (exact) mass is 313 g/mol. The molecule has 3 heteroatoms. The Morgan fingerprint density at radius 2 is 1.85 bits per heavy atom. The highest BCUT2D eigenvalue weighted by Crippen LogP contribution is 2.39. The van der Waals surface area contributed by atoms with Crippen LogP contribution in [0.4, 0.5) is 0 Å². The van der Waals surface area contributed by atoms with Crippen molar-refractivity contribution in [3.63, 3.8) is 0 Å². The van der Waals surface area contributed by atoms with Crippen molar-refractivity contribution >= 4 is 23.2 Å². The van der Waals surface area contributed by atoms with Crippen LogP contribution in [0.5, 0.6) is 0 Å². The van der Waals surface area contributed by atoms with Crippen molar-refractivity contribution in [1.82, 2.24) is 5.32 Å². The zero-order chi connectivity index (χ0) is 14.5. The summed E-state index contributed by atoms with van der Waals surface area (Å²) < 4.78 is 0. The van der Waals surface area contributed by atoms with Crippen molar-refractivity contribution in [2.75, 3.05) is 6.54 Å². The van der Waals surface area contributed by atoms with E-state index >= 15 is 0 Å². The van der Waals surface area contributed by atoms with Gasteiger partial charge in [-0.1, -0.05) is 62.4 Å². The Bertz CT molecular complexity index is 425. The second-order valence-corrected chi connectivity index (χ2v) is 7.08. The molecule has 20 heavy (non-hydrogen) atoms. The Morgan fingerprint density at radius 3 is 2.45 bits per heavy atom. The lowest BCUT2D eigenvalue weighted by molar-refractivity contribution is 0.293. The molecule has 1 atom stereocenters. The summed E-state index contributed by atoms with van der Waals surface area (Å²) in [5.74, 6) is 1.25. The fourth-order valence-corrected chi connectivity index (χ4v) is 3.78. The first-order chi connectivity index (χ1) is 9.58. The van der Waals surface area contributed by atoms with Crippen LogP contribution in [0.2, 0.25) is 10.0 Å². The van der Waals surface area contributed by atoms with Gasteiger partial charge in [0.15, 0.2) is 0 Å². The third-order valence-electron chi connectivity index (χ3n) is 4.33. The van der Waals surface area contributed by atoms with Crippen molar-refractivity contribution in [2.24, 2.45) is 5.92 Å². The topological polar surface area (TPSA) is 12.0 Å². The van der Waals surface area contributed by atoms with Gasteiger partial charge < -0.3 is 5.32 Å². The molecule has 112 valence electrons. The lowest BCUT2D eigenvalue weighted by atomic mass is 9.76. The molecule has 1 N–H and O–H groups in total. The van der Waals surface area contributed by atoms with Crippen LogP contribution < -0.4 is 5.32 Å². The van der Waals surface area contributed by atoms with Gasteiger partial charge in [-0.3, -0.25) is 0 Å². The Morgan fingerprint density at radius 1 is 1.15 bits per heavy atom. The first-order valence-corrected chi connectivity index (χ1v) is 8.52. The molecule has 0 spiro atoms. The number of halogens is 2. The molecular formula is C17H25Cl2N. The first-order valence-electron chi connectivity index (χ1n) is 7.76. The molecule has 0 bridgehead atoms. The maximum Gasteiger partial charge on any atom is 0.0456 e. The van der Waals surface area contributed by atoms with E-state index in [1.807, 2.05) is 12.1 Å². The molecule has 0 aliphatic heterocycles. The van der Waals surface area contributed by atoms with E-state index in [0.29, 0.717) is 12.0 Å². The zero-order valence-electron chi connectivity index (χ0n) is 12.5. The van der Waals surface area contributed by atoms with Gasteiger partial charge in [0, 0.05) is 28.5 Å². The maximum absolute atomic E-state index is 6.45. The molecule has 0 radical (unpaired) electrons. The molecule has 1 saturated carbocycles. The molecule has 0 saturated heterocycles. The summed E-state index contributed by atoms with van der Waals surface area (Å²) in [7, 11) is 0. The average molecular weight is 314 g/mol. The fraction of sp³-hybridized carbons (Fsp3) is 0.647. The normalized spacial score (nSPS) is 18.4. The standard InChI is InChI=1S/C17H25Cl2N/c1-12(2)20-11-16(13-6-4-3-5-7-13)15-9-8-14(18)10-17(15)19/h8-10,12-13,16,20H,3-7,11H2,1-2H3. The smallest absolute Gasteiger partial charge is 0.0456 e. The molecule has 0 aromatic heterocycles. The van der Waals surface area contributed by atoms with Gasteiger partial charge in [-0.25, -0.2) is 0 Å². The van der Waals surface area contributed by atoms with Gasteiger partial charge in [-0.05, 0) is 36.5 Å². The third-order valence-corrected chi connectivity index (χ3v) is 4.89. The SMILES string of the molecule is CC(C)NCC(c1ccc(Cl)cc1Cl)C1CCCCC1. The second kappa shape index (κ2) is 7.68. The minimum atomic E-state index is 0.502. The first kappa shape index (κ1) is 16.1. The van der Waals surface area contributed by atoms with Crippen LogP contribution in [0.1, 0.15) is 57.4 Å². The van der Waals surface area contributed by atoms with E-state index in [2.05, 4.69) is 25.2 Å². The highest BCUT2D eigenvalue weighted by Gasteiger charge is 2.26. The maximum atomic E-state index is 6.45. The number of hydrogen-bond donors (Lipinski definition) is 1. The number of hydrogen-bond acceptors (Lipinski definition) is 1. The highest BCUT2D eigenvalue weighted by atomic mass is 35.5. The van der Waals surface area contributed by atoms with Crippen LogP contribution >= 0.6 is 23.2 Å². The molecule has 1 aliphatic rings. The number of rotatable bonds is 5. The van der Waals surface area contributed by atoms with Crippen LogP contribution in [0.15, 0.2) is 18.2 Å². The molecule has 1 aliphatic carbocycles.